The van der Waals surface area contributed by atoms with Gasteiger partial charge >= 0.3 is 5.97 Å². The average Bonchev–Trinajstić information content (AvgIpc) is 3.31. The summed E-state index contributed by atoms with van der Waals surface area (Å²) in [6, 6.07) is 13.8. The van der Waals surface area contributed by atoms with E-state index in [0.717, 1.165) is 36.2 Å². The monoisotopic (exact) mass is 457 g/mol. The Morgan fingerprint density at radius 1 is 1.21 bits per heavy atom. The van der Waals surface area contributed by atoms with E-state index >= 15 is 0 Å². The zero-order valence-corrected chi connectivity index (χ0v) is 18.2. The van der Waals surface area contributed by atoms with Gasteiger partial charge in [0.15, 0.2) is 0 Å². The van der Waals surface area contributed by atoms with Crippen molar-refractivity contribution in [3.05, 3.63) is 63.8 Å². The standard InChI is InChI=1S/C23H25BrN2O3/c1-2-29-23(28)22-17-12-21(27)18(24)13-19(17)26(14-16-8-4-3-5-9-16)20(22)15-25-10-6-7-11-25/h3-5,8-9,12-13,27H,2,6-7,10-11,14-15H2,1H3/p+1. The van der Waals surface area contributed by atoms with E-state index < -0.39 is 0 Å². The predicted molar refractivity (Wildman–Crippen MR) is 116 cm³/mol. The first-order valence-corrected chi connectivity index (χ1v) is 11.0. The highest BCUT2D eigenvalue weighted by atomic mass is 79.9. The molecule has 1 fully saturated rings. The average molecular weight is 458 g/mol. The molecule has 0 atom stereocenters. The lowest BCUT2D eigenvalue weighted by Crippen LogP contribution is -3.08. The van der Waals surface area contributed by atoms with Crippen molar-refractivity contribution in [1.82, 2.24) is 4.57 Å². The Kier molecular flexibility index (Phi) is 5.92. The number of phenolic OH excluding ortho intramolecular Hbond substituents is 1. The summed E-state index contributed by atoms with van der Waals surface area (Å²) in [6.45, 7) is 5.81. The highest BCUT2D eigenvalue weighted by Crippen LogP contribution is 2.35. The second kappa shape index (κ2) is 8.59. The number of nitrogens with zero attached hydrogens (tertiary/aromatic N) is 1. The number of likely N-dealkylation sites (tertiary alicyclic amines) is 1. The van der Waals surface area contributed by atoms with Crippen LogP contribution >= 0.6 is 15.9 Å². The van der Waals surface area contributed by atoms with Crippen LogP contribution in [0.25, 0.3) is 10.9 Å². The maximum atomic E-state index is 13.0. The molecule has 2 heterocycles. The second-order valence-electron chi connectivity index (χ2n) is 7.57. The van der Waals surface area contributed by atoms with E-state index in [1.807, 2.05) is 31.2 Å². The Morgan fingerprint density at radius 3 is 2.62 bits per heavy atom. The van der Waals surface area contributed by atoms with Crippen LogP contribution in [0, 0.1) is 0 Å². The van der Waals surface area contributed by atoms with Gasteiger partial charge in [-0.25, -0.2) is 4.79 Å². The maximum absolute atomic E-state index is 13.0. The van der Waals surface area contributed by atoms with Crippen LogP contribution in [0.2, 0.25) is 0 Å². The summed E-state index contributed by atoms with van der Waals surface area (Å²) in [5.41, 5.74) is 3.66. The summed E-state index contributed by atoms with van der Waals surface area (Å²) < 4.78 is 8.25. The SMILES string of the molecule is CCOC(=O)c1c(C[NH+]2CCCC2)n(Cc2ccccc2)c2cc(Br)c(O)cc12. The van der Waals surface area contributed by atoms with Crippen LogP contribution in [0.1, 0.15) is 41.4 Å². The highest BCUT2D eigenvalue weighted by molar-refractivity contribution is 9.10. The molecule has 1 aliphatic rings. The van der Waals surface area contributed by atoms with Crippen LogP contribution in [-0.4, -0.2) is 35.3 Å². The Labute approximate surface area is 179 Å². The number of rotatable bonds is 6. The molecule has 6 heteroatoms. The van der Waals surface area contributed by atoms with Crippen LogP contribution in [0.15, 0.2) is 46.9 Å². The summed E-state index contributed by atoms with van der Waals surface area (Å²) >= 11 is 3.44. The number of fused-ring (bicyclic) bond motifs is 1. The smallest absolute Gasteiger partial charge is 0.340 e. The minimum absolute atomic E-state index is 0.125. The largest absolute Gasteiger partial charge is 0.507 e. The first-order chi connectivity index (χ1) is 14.1. The summed E-state index contributed by atoms with van der Waals surface area (Å²) in [5, 5.41) is 11.1. The van der Waals surface area contributed by atoms with Crippen LogP contribution in [-0.2, 0) is 17.8 Å². The Morgan fingerprint density at radius 2 is 1.93 bits per heavy atom. The predicted octanol–water partition coefficient (Wildman–Crippen LogP) is 3.51. The molecule has 0 spiro atoms. The lowest BCUT2D eigenvalue weighted by Gasteiger charge is -2.17. The second-order valence-corrected chi connectivity index (χ2v) is 8.42. The number of benzene rings is 2. The molecule has 0 bridgehead atoms. The fraction of sp³-hybridized carbons (Fsp3) is 0.348. The minimum atomic E-state index is -0.320. The molecular formula is C23H26BrN2O3+. The van der Waals surface area contributed by atoms with Crippen molar-refractivity contribution in [2.24, 2.45) is 0 Å². The van der Waals surface area contributed by atoms with Gasteiger partial charge < -0.3 is 19.3 Å². The highest BCUT2D eigenvalue weighted by Gasteiger charge is 2.28. The van der Waals surface area contributed by atoms with Gasteiger partial charge in [0.2, 0.25) is 0 Å². The number of halogens is 1. The number of aromatic hydroxyl groups is 1. The molecule has 0 saturated carbocycles. The molecule has 0 amide bonds. The van der Waals surface area contributed by atoms with E-state index in [2.05, 4.69) is 32.6 Å². The van der Waals surface area contributed by atoms with Crippen molar-refractivity contribution in [1.29, 1.82) is 0 Å². The van der Waals surface area contributed by atoms with Crippen molar-refractivity contribution >= 4 is 32.8 Å². The number of hydrogen-bond acceptors (Lipinski definition) is 3. The third kappa shape index (κ3) is 4.05. The lowest BCUT2D eigenvalue weighted by atomic mass is 10.1. The van der Waals surface area contributed by atoms with E-state index in [4.69, 9.17) is 4.74 Å². The molecular weight excluding hydrogens is 432 g/mol. The van der Waals surface area contributed by atoms with Gasteiger partial charge in [-0.05, 0) is 40.5 Å². The molecule has 5 nitrogen and oxygen atoms in total. The Bertz CT molecular complexity index is 1020. The van der Waals surface area contributed by atoms with Crippen LogP contribution < -0.4 is 4.90 Å². The first-order valence-electron chi connectivity index (χ1n) is 10.2. The van der Waals surface area contributed by atoms with Gasteiger partial charge in [0.1, 0.15) is 12.3 Å². The molecule has 1 aliphatic heterocycles. The topological polar surface area (TPSA) is 55.9 Å². The van der Waals surface area contributed by atoms with Crippen molar-refractivity contribution in [3.63, 3.8) is 0 Å². The summed E-state index contributed by atoms with van der Waals surface area (Å²) in [6.07, 6.45) is 2.44. The minimum Gasteiger partial charge on any atom is -0.507 e. The third-order valence-electron chi connectivity index (χ3n) is 5.63. The molecule has 1 aromatic heterocycles. The van der Waals surface area contributed by atoms with Crippen LogP contribution in [0.5, 0.6) is 5.75 Å². The van der Waals surface area contributed by atoms with Crippen molar-refractivity contribution in [3.8, 4) is 5.75 Å². The van der Waals surface area contributed by atoms with Gasteiger partial charge in [0.05, 0.1) is 40.9 Å². The van der Waals surface area contributed by atoms with Gasteiger partial charge in [-0.1, -0.05) is 30.3 Å². The van der Waals surface area contributed by atoms with Crippen molar-refractivity contribution in [2.45, 2.75) is 32.9 Å². The number of hydrogen-bond donors (Lipinski definition) is 2. The van der Waals surface area contributed by atoms with Gasteiger partial charge in [0.25, 0.3) is 0 Å². The first kappa shape index (κ1) is 20.0. The molecule has 152 valence electrons. The molecule has 0 radical (unpaired) electrons. The van der Waals surface area contributed by atoms with E-state index in [1.165, 1.54) is 23.3 Å². The number of aromatic nitrogens is 1. The number of ether oxygens (including phenoxy) is 1. The number of quaternary nitrogens is 1. The van der Waals surface area contributed by atoms with E-state index in [1.54, 1.807) is 6.07 Å². The quantitative estimate of drug-likeness (QED) is 0.556. The molecule has 0 unspecified atom stereocenters. The number of esters is 1. The molecule has 3 aromatic rings. The fourth-order valence-electron chi connectivity index (χ4n) is 4.26. The molecule has 2 N–H and O–H groups in total. The van der Waals surface area contributed by atoms with E-state index in [-0.39, 0.29) is 11.7 Å². The Hall–Kier alpha value is -2.31. The number of carbonyl (C=O) groups is 1. The molecule has 29 heavy (non-hydrogen) atoms. The van der Waals surface area contributed by atoms with E-state index in [0.29, 0.717) is 23.2 Å². The zero-order chi connectivity index (χ0) is 20.4. The van der Waals surface area contributed by atoms with Gasteiger partial charge in [-0.15, -0.1) is 0 Å². The lowest BCUT2D eigenvalue weighted by molar-refractivity contribution is -0.901. The molecule has 1 saturated heterocycles. The third-order valence-corrected chi connectivity index (χ3v) is 6.27. The molecule has 2 aromatic carbocycles. The van der Waals surface area contributed by atoms with Crippen LogP contribution in [0.4, 0.5) is 0 Å². The van der Waals surface area contributed by atoms with Gasteiger partial charge in [-0.3, -0.25) is 0 Å². The Balaban J connectivity index is 1.92. The number of phenols is 1. The van der Waals surface area contributed by atoms with Gasteiger partial charge in [-0.2, -0.15) is 0 Å². The summed E-state index contributed by atoms with van der Waals surface area (Å²) in [7, 11) is 0. The normalized spacial score (nSPS) is 14.6. The fourth-order valence-corrected chi connectivity index (χ4v) is 4.59. The molecule has 4 rings (SSSR count). The number of nitrogens with one attached hydrogen (secondary N) is 1. The summed E-state index contributed by atoms with van der Waals surface area (Å²) in [5.74, 6) is -0.195. The zero-order valence-electron chi connectivity index (χ0n) is 16.6. The van der Waals surface area contributed by atoms with Crippen molar-refractivity contribution in [2.75, 3.05) is 19.7 Å². The van der Waals surface area contributed by atoms with Crippen LogP contribution in [0.3, 0.4) is 0 Å². The van der Waals surface area contributed by atoms with Gasteiger partial charge in [0, 0.05) is 24.8 Å². The number of carbonyl (C=O) groups excluding carboxylic acids is 1. The summed E-state index contributed by atoms with van der Waals surface area (Å²) in [4.78, 5) is 14.5. The van der Waals surface area contributed by atoms with E-state index in [9.17, 15) is 9.90 Å². The van der Waals surface area contributed by atoms with Crippen molar-refractivity contribution < 1.29 is 19.5 Å². The molecule has 0 aliphatic carbocycles. The maximum Gasteiger partial charge on any atom is 0.340 e.